The number of amides is 1. The third kappa shape index (κ3) is 7.36. The Morgan fingerprint density at radius 3 is 2.16 bits per heavy atom. The zero-order valence-corrected chi connectivity index (χ0v) is 26.9. The normalized spacial score (nSPS) is 16.8. The second kappa shape index (κ2) is 15.4. The Hall–Kier alpha value is -3.60. The van der Waals surface area contributed by atoms with Crippen LogP contribution < -0.4 is 28.6 Å². The summed E-state index contributed by atoms with van der Waals surface area (Å²) >= 11 is 1.66. The van der Waals surface area contributed by atoms with Gasteiger partial charge in [0.2, 0.25) is 12.2 Å². The molecule has 1 unspecified atom stereocenters. The summed E-state index contributed by atoms with van der Waals surface area (Å²) < 4.78 is 28.3. The lowest BCUT2D eigenvalue weighted by atomic mass is 10.1. The van der Waals surface area contributed by atoms with Crippen molar-refractivity contribution in [2.75, 3.05) is 79.2 Å². The maximum absolute atomic E-state index is 12.1. The van der Waals surface area contributed by atoms with Gasteiger partial charge in [0.25, 0.3) is 0 Å². The number of carbonyl (C=O) groups is 1. The number of ether oxygens (including phenoxy) is 5. The minimum absolute atomic E-state index is 0.194. The fourth-order valence-electron chi connectivity index (χ4n) is 5.80. The van der Waals surface area contributed by atoms with Crippen LogP contribution in [-0.4, -0.2) is 90.5 Å². The number of unbranched alkanes of at least 4 members (excludes halogenated alkanes) is 1. The van der Waals surface area contributed by atoms with Crippen LogP contribution in [0, 0.1) is 0 Å². The first-order valence-corrected chi connectivity index (χ1v) is 16.0. The van der Waals surface area contributed by atoms with Crippen LogP contribution in [0.4, 0.5) is 5.69 Å². The summed E-state index contributed by atoms with van der Waals surface area (Å²) in [6.07, 6.45) is 3.86. The van der Waals surface area contributed by atoms with Gasteiger partial charge in [0, 0.05) is 43.2 Å². The smallest absolute Gasteiger partial charge is 0.215 e. The largest absolute Gasteiger partial charge is 0.497 e. The van der Waals surface area contributed by atoms with E-state index in [9.17, 15) is 4.79 Å². The predicted octanol–water partition coefficient (Wildman–Crippen LogP) is 5.51. The van der Waals surface area contributed by atoms with Crippen molar-refractivity contribution >= 4 is 23.9 Å². The summed E-state index contributed by atoms with van der Waals surface area (Å²) in [6.45, 7) is 6.94. The Kier molecular flexibility index (Phi) is 11.1. The molecular formula is C34H43N3O6S. The lowest BCUT2D eigenvalue weighted by Crippen LogP contribution is -2.47. The van der Waals surface area contributed by atoms with Gasteiger partial charge in [-0.15, -0.1) is 0 Å². The van der Waals surface area contributed by atoms with E-state index in [0.29, 0.717) is 23.9 Å². The van der Waals surface area contributed by atoms with Crippen LogP contribution in [0.25, 0.3) is 0 Å². The predicted molar refractivity (Wildman–Crippen MR) is 174 cm³/mol. The molecule has 1 fully saturated rings. The molecule has 10 heteroatoms. The maximum Gasteiger partial charge on any atom is 0.215 e. The summed E-state index contributed by atoms with van der Waals surface area (Å²) in [5.41, 5.74) is 3.05. The number of fused-ring (bicyclic) bond motifs is 1. The first-order valence-electron chi connectivity index (χ1n) is 15.1. The Balaban J connectivity index is 1.06. The number of carbonyl (C=O) groups excluding carboxylic acids is 1. The van der Waals surface area contributed by atoms with E-state index in [1.54, 1.807) is 45.1 Å². The number of benzene rings is 3. The molecule has 0 aliphatic carbocycles. The molecule has 0 bridgehead atoms. The molecule has 1 amide bonds. The fraction of sp³-hybridized carbons (Fsp3) is 0.441. The van der Waals surface area contributed by atoms with E-state index in [2.05, 4.69) is 9.80 Å². The number of nitrogens with zero attached hydrogens (tertiary/aromatic N) is 3. The highest BCUT2D eigenvalue weighted by Gasteiger charge is 2.33. The van der Waals surface area contributed by atoms with Crippen LogP contribution in [-0.2, 0) is 11.2 Å². The van der Waals surface area contributed by atoms with Crippen molar-refractivity contribution in [2.24, 2.45) is 0 Å². The highest BCUT2D eigenvalue weighted by atomic mass is 32.2. The molecule has 44 heavy (non-hydrogen) atoms. The fourth-order valence-corrected chi connectivity index (χ4v) is 7.08. The molecule has 9 nitrogen and oxygen atoms in total. The average Bonchev–Trinajstić information content (AvgIpc) is 3.45. The Morgan fingerprint density at radius 1 is 0.795 bits per heavy atom. The van der Waals surface area contributed by atoms with Gasteiger partial charge in [0.05, 0.1) is 40.7 Å². The summed E-state index contributed by atoms with van der Waals surface area (Å²) in [4.78, 5) is 20.0. The van der Waals surface area contributed by atoms with E-state index in [4.69, 9.17) is 23.7 Å². The van der Waals surface area contributed by atoms with Gasteiger partial charge in [0.1, 0.15) is 16.9 Å². The van der Waals surface area contributed by atoms with E-state index < -0.39 is 0 Å². The number of para-hydroxylation sites is 1. The molecule has 0 saturated carbocycles. The molecule has 236 valence electrons. The molecule has 0 radical (unpaired) electrons. The average molecular weight is 622 g/mol. The molecule has 2 heterocycles. The number of hydrogen-bond acceptors (Lipinski definition) is 9. The SMILES string of the molecule is COc1ccc(OCCCCN2CCN(CCc3cc(OC)c(OC)c(OC)c3)CC2)c(C2Sc3ccccc3N2C=O)c1. The van der Waals surface area contributed by atoms with Crippen molar-refractivity contribution in [1.82, 2.24) is 9.80 Å². The second-order valence-electron chi connectivity index (χ2n) is 10.9. The van der Waals surface area contributed by atoms with Gasteiger partial charge in [-0.1, -0.05) is 23.9 Å². The second-order valence-corrected chi connectivity index (χ2v) is 12.0. The van der Waals surface area contributed by atoms with Crippen LogP contribution in [0.2, 0.25) is 0 Å². The molecule has 3 aromatic carbocycles. The number of piperazine rings is 1. The number of methoxy groups -OCH3 is 4. The molecular weight excluding hydrogens is 578 g/mol. The van der Waals surface area contributed by atoms with E-state index in [-0.39, 0.29) is 5.37 Å². The minimum atomic E-state index is -0.194. The number of rotatable bonds is 15. The Bertz CT molecular complexity index is 1370. The van der Waals surface area contributed by atoms with Crippen LogP contribution >= 0.6 is 11.8 Å². The third-order valence-corrected chi connectivity index (χ3v) is 9.57. The molecule has 3 aromatic rings. The van der Waals surface area contributed by atoms with Gasteiger partial charge in [0.15, 0.2) is 11.5 Å². The Morgan fingerprint density at radius 2 is 1.50 bits per heavy atom. The molecule has 2 aliphatic heterocycles. The van der Waals surface area contributed by atoms with E-state index in [1.165, 1.54) is 5.56 Å². The highest BCUT2D eigenvalue weighted by molar-refractivity contribution is 8.00. The number of thioether (sulfide) groups is 1. The topological polar surface area (TPSA) is 72.9 Å². The van der Waals surface area contributed by atoms with Crippen molar-refractivity contribution in [3.8, 4) is 28.7 Å². The quantitative estimate of drug-likeness (QED) is 0.161. The van der Waals surface area contributed by atoms with Crippen molar-refractivity contribution in [1.29, 1.82) is 0 Å². The van der Waals surface area contributed by atoms with Crippen LogP contribution in [0.3, 0.4) is 0 Å². The van der Waals surface area contributed by atoms with Gasteiger partial charge >= 0.3 is 0 Å². The first kappa shape index (κ1) is 31.8. The summed E-state index contributed by atoms with van der Waals surface area (Å²) in [5.74, 6) is 3.57. The number of anilines is 1. The Labute approximate surface area is 265 Å². The van der Waals surface area contributed by atoms with Gasteiger partial charge in [-0.3, -0.25) is 9.69 Å². The van der Waals surface area contributed by atoms with Gasteiger partial charge in [-0.25, -0.2) is 0 Å². The molecule has 1 atom stereocenters. The van der Waals surface area contributed by atoms with Gasteiger partial charge < -0.3 is 33.5 Å². The zero-order valence-electron chi connectivity index (χ0n) is 26.1. The highest BCUT2D eigenvalue weighted by Crippen LogP contribution is 2.52. The summed E-state index contributed by atoms with van der Waals surface area (Å²) in [6, 6.07) is 17.9. The van der Waals surface area contributed by atoms with E-state index in [0.717, 1.165) is 92.6 Å². The minimum Gasteiger partial charge on any atom is -0.497 e. The maximum atomic E-state index is 12.1. The standard InChI is InChI=1S/C34H43N3O6S/c1-39-26-11-12-29(27(23-26)34-37(24-38)28-9-5-6-10-32(28)44-34)43-20-8-7-14-35-16-18-36(19-17-35)15-13-25-21-30(40-2)33(42-4)31(22-25)41-3/h5-6,9-12,21-24,34H,7-8,13-20H2,1-4H3. The van der Waals surface area contributed by atoms with Crippen molar-refractivity contribution in [2.45, 2.75) is 29.5 Å². The van der Waals surface area contributed by atoms with Gasteiger partial charge in [-0.05, 0) is 73.8 Å². The third-order valence-electron chi connectivity index (χ3n) is 8.26. The lowest BCUT2D eigenvalue weighted by molar-refractivity contribution is -0.107. The van der Waals surface area contributed by atoms with E-state index >= 15 is 0 Å². The van der Waals surface area contributed by atoms with E-state index in [1.807, 2.05) is 54.6 Å². The first-order chi connectivity index (χ1) is 21.6. The van der Waals surface area contributed by atoms with Crippen LogP contribution in [0.15, 0.2) is 59.5 Å². The molecule has 2 aliphatic rings. The summed E-state index contributed by atoms with van der Waals surface area (Å²) in [5, 5.41) is -0.194. The number of hydrogen-bond donors (Lipinski definition) is 0. The van der Waals surface area contributed by atoms with Crippen LogP contribution in [0.1, 0.15) is 29.3 Å². The molecule has 0 spiro atoms. The van der Waals surface area contributed by atoms with Crippen molar-refractivity contribution in [3.05, 3.63) is 65.7 Å². The van der Waals surface area contributed by atoms with Crippen LogP contribution in [0.5, 0.6) is 28.7 Å². The molecule has 1 saturated heterocycles. The summed E-state index contributed by atoms with van der Waals surface area (Å²) in [7, 11) is 6.59. The molecule has 0 N–H and O–H groups in total. The molecule has 5 rings (SSSR count). The zero-order chi connectivity index (χ0) is 30.9. The molecule has 0 aromatic heterocycles. The monoisotopic (exact) mass is 621 g/mol. The van der Waals surface area contributed by atoms with Gasteiger partial charge in [-0.2, -0.15) is 0 Å². The van der Waals surface area contributed by atoms with Crippen molar-refractivity contribution < 1.29 is 28.5 Å². The van der Waals surface area contributed by atoms with Crippen molar-refractivity contribution in [3.63, 3.8) is 0 Å². The lowest BCUT2D eigenvalue weighted by Gasteiger charge is -2.34.